The van der Waals surface area contributed by atoms with Crippen LogP contribution in [0.2, 0.25) is 0 Å². The van der Waals surface area contributed by atoms with Crippen molar-refractivity contribution in [3.05, 3.63) is 11.7 Å². The Morgan fingerprint density at radius 3 is 2.94 bits per heavy atom. The number of rotatable bonds is 4. The van der Waals surface area contributed by atoms with Crippen LogP contribution in [-0.4, -0.2) is 23.3 Å². The molecule has 0 amide bonds. The molecule has 1 aromatic rings. The van der Waals surface area contributed by atoms with Gasteiger partial charge in [-0.3, -0.25) is 0 Å². The van der Waals surface area contributed by atoms with E-state index in [9.17, 15) is 0 Å². The van der Waals surface area contributed by atoms with Gasteiger partial charge in [-0.25, -0.2) is 0 Å². The second-order valence-electron chi connectivity index (χ2n) is 4.90. The molecule has 17 heavy (non-hydrogen) atoms. The average Bonchev–Trinajstić information content (AvgIpc) is 2.80. The van der Waals surface area contributed by atoms with Crippen molar-refractivity contribution in [3.63, 3.8) is 0 Å². The molecule has 1 atom stereocenters. The van der Waals surface area contributed by atoms with Gasteiger partial charge in [-0.2, -0.15) is 4.98 Å². The van der Waals surface area contributed by atoms with Crippen LogP contribution in [0.15, 0.2) is 4.52 Å². The van der Waals surface area contributed by atoms with Crippen LogP contribution in [0, 0.1) is 0 Å². The lowest BCUT2D eigenvalue weighted by molar-refractivity contribution is -0.0221. The molecule has 0 radical (unpaired) electrons. The first-order valence-electron chi connectivity index (χ1n) is 6.35. The molecule has 5 nitrogen and oxygen atoms in total. The van der Waals surface area contributed by atoms with Crippen molar-refractivity contribution in [1.82, 2.24) is 15.5 Å². The van der Waals surface area contributed by atoms with Gasteiger partial charge in [0.25, 0.3) is 0 Å². The third-order valence-corrected chi connectivity index (χ3v) is 3.09. The zero-order valence-corrected chi connectivity index (χ0v) is 10.8. The lowest BCUT2D eigenvalue weighted by Crippen LogP contribution is -2.27. The highest BCUT2D eigenvalue weighted by molar-refractivity contribution is 5.00. The first kappa shape index (κ1) is 12.5. The summed E-state index contributed by atoms with van der Waals surface area (Å²) < 4.78 is 10.9. The van der Waals surface area contributed by atoms with Crippen LogP contribution in [0.5, 0.6) is 0 Å². The monoisotopic (exact) mass is 239 g/mol. The van der Waals surface area contributed by atoms with Crippen LogP contribution in [0.25, 0.3) is 0 Å². The lowest BCUT2D eigenvalue weighted by atomic mass is 10.1. The van der Waals surface area contributed by atoms with Gasteiger partial charge in [-0.05, 0) is 40.2 Å². The summed E-state index contributed by atoms with van der Waals surface area (Å²) in [7, 11) is 0. The normalized spacial score (nSPS) is 21.7. The van der Waals surface area contributed by atoms with E-state index in [0.717, 1.165) is 13.0 Å². The number of nitrogens with zero attached hydrogens (tertiary/aromatic N) is 2. The quantitative estimate of drug-likeness (QED) is 0.872. The Balaban J connectivity index is 2.09. The van der Waals surface area contributed by atoms with Crippen molar-refractivity contribution in [2.24, 2.45) is 0 Å². The first-order valence-corrected chi connectivity index (χ1v) is 6.35. The molecular formula is C12H21N3O2. The molecule has 1 saturated heterocycles. The highest BCUT2D eigenvalue weighted by atomic mass is 16.5. The molecule has 0 aromatic carbocycles. The topological polar surface area (TPSA) is 60.2 Å². The SMILES string of the molecule is CCOC(C)(C)c1noc(C2CCCCN2)n1. The van der Waals surface area contributed by atoms with Gasteiger partial charge in [-0.15, -0.1) is 0 Å². The van der Waals surface area contributed by atoms with Crippen LogP contribution in [0.1, 0.15) is 57.8 Å². The molecule has 5 heteroatoms. The van der Waals surface area contributed by atoms with Gasteiger partial charge < -0.3 is 14.6 Å². The van der Waals surface area contributed by atoms with Crippen molar-refractivity contribution in [1.29, 1.82) is 0 Å². The van der Waals surface area contributed by atoms with E-state index in [0.29, 0.717) is 18.3 Å². The maximum absolute atomic E-state index is 5.61. The van der Waals surface area contributed by atoms with E-state index in [1.165, 1.54) is 12.8 Å². The summed E-state index contributed by atoms with van der Waals surface area (Å²) in [6, 6.07) is 0.211. The Bertz CT molecular complexity index is 356. The van der Waals surface area contributed by atoms with Crippen LogP contribution in [0.4, 0.5) is 0 Å². The second kappa shape index (κ2) is 5.14. The predicted molar refractivity (Wildman–Crippen MR) is 63.5 cm³/mol. The molecule has 1 N–H and O–H groups in total. The van der Waals surface area contributed by atoms with Crippen molar-refractivity contribution < 1.29 is 9.26 Å². The zero-order chi connectivity index (χ0) is 12.3. The van der Waals surface area contributed by atoms with E-state index in [1.54, 1.807) is 0 Å². The van der Waals surface area contributed by atoms with E-state index in [-0.39, 0.29) is 6.04 Å². The molecular weight excluding hydrogens is 218 g/mol. The lowest BCUT2D eigenvalue weighted by Gasteiger charge is -2.21. The molecule has 1 aliphatic heterocycles. The summed E-state index contributed by atoms with van der Waals surface area (Å²) in [5.74, 6) is 1.31. The molecule has 0 saturated carbocycles. The molecule has 2 heterocycles. The highest BCUT2D eigenvalue weighted by Gasteiger charge is 2.29. The molecule has 0 spiro atoms. The van der Waals surface area contributed by atoms with E-state index in [1.807, 2.05) is 20.8 Å². The summed E-state index contributed by atoms with van der Waals surface area (Å²) in [6.45, 7) is 7.54. The molecule has 1 aromatic heterocycles. The molecule has 1 fully saturated rings. The maximum atomic E-state index is 5.61. The van der Waals surface area contributed by atoms with Gasteiger partial charge >= 0.3 is 0 Å². The summed E-state index contributed by atoms with van der Waals surface area (Å²) >= 11 is 0. The molecule has 96 valence electrons. The van der Waals surface area contributed by atoms with Crippen LogP contribution in [0.3, 0.4) is 0 Å². The van der Waals surface area contributed by atoms with E-state index >= 15 is 0 Å². The van der Waals surface area contributed by atoms with Gasteiger partial charge in [0.1, 0.15) is 5.60 Å². The van der Waals surface area contributed by atoms with Crippen molar-refractivity contribution in [3.8, 4) is 0 Å². The van der Waals surface area contributed by atoms with Crippen molar-refractivity contribution in [2.45, 2.75) is 51.7 Å². The largest absolute Gasteiger partial charge is 0.368 e. The number of piperidine rings is 1. The fourth-order valence-electron chi connectivity index (χ4n) is 2.11. The van der Waals surface area contributed by atoms with Crippen LogP contribution < -0.4 is 5.32 Å². The second-order valence-corrected chi connectivity index (χ2v) is 4.90. The summed E-state index contributed by atoms with van der Waals surface area (Å²) in [5.41, 5.74) is -0.481. The first-order chi connectivity index (χ1) is 8.13. The molecule has 2 rings (SSSR count). The number of hydrogen-bond acceptors (Lipinski definition) is 5. The fourth-order valence-corrected chi connectivity index (χ4v) is 2.11. The minimum Gasteiger partial charge on any atom is -0.368 e. The molecule has 1 aliphatic rings. The van der Waals surface area contributed by atoms with Crippen molar-refractivity contribution >= 4 is 0 Å². The Hall–Kier alpha value is -0.940. The average molecular weight is 239 g/mol. The Kier molecular flexibility index (Phi) is 3.79. The van der Waals surface area contributed by atoms with Gasteiger partial charge in [0.2, 0.25) is 11.7 Å². The number of ether oxygens (including phenoxy) is 1. The highest BCUT2D eigenvalue weighted by Crippen LogP contribution is 2.26. The molecule has 0 bridgehead atoms. The minimum atomic E-state index is -0.481. The third kappa shape index (κ3) is 2.84. The van der Waals surface area contributed by atoms with Gasteiger partial charge in [0, 0.05) is 6.61 Å². The van der Waals surface area contributed by atoms with Crippen molar-refractivity contribution in [2.75, 3.05) is 13.2 Å². The fraction of sp³-hybridized carbons (Fsp3) is 0.833. The van der Waals surface area contributed by atoms with Gasteiger partial charge in [-0.1, -0.05) is 11.6 Å². The standard InChI is InChI=1S/C12H21N3O2/c1-4-16-12(2,3)11-14-10(17-15-11)9-7-5-6-8-13-9/h9,13H,4-8H2,1-3H3. The third-order valence-electron chi connectivity index (χ3n) is 3.09. The van der Waals surface area contributed by atoms with Gasteiger partial charge in [0.15, 0.2) is 0 Å². The Morgan fingerprint density at radius 2 is 2.29 bits per heavy atom. The van der Waals surface area contributed by atoms with E-state index < -0.39 is 5.60 Å². The van der Waals surface area contributed by atoms with Gasteiger partial charge in [0.05, 0.1) is 6.04 Å². The summed E-state index contributed by atoms with van der Waals surface area (Å²) in [4.78, 5) is 4.46. The van der Waals surface area contributed by atoms with Crippen LogP contribution >= 0.6 is 0 Å². The molecule has 1 unspecified atom stereocenters. The van der Waals surface area contributed by atoms with E-state index in [4.69, 9.17) is 9.26 Å². The number of aromatic nitrogens is 2. The number of nitrogens with one attached hydrogen (secondary N) is 1. The Labute approximate surface area is 102 Å². The smallest absolute Gasteiger partial charge is 0.243 e. The molecule has 0 aliphatic carbocycles. The number of hydrogen-bond donors (Lipinski definition) is 1. The summed E-state index contributed by atoms with van der Waals surface area (Å²) in [5, 5.41) is 7.43. The van der Waals surface area contributed by atoms with Crippen LogP contribution in [-0.2, 0) is 10.3 Å². The predicted octanol–water partition coefficient (Wildman–Crippen LogP) is 2.16. The zero-order valence-electron chi connectivity index (χ0n) is 10.8. The maximum Gasteiger partial charge on any atom is 0.243 e. The van der Waals surface area contributed by atoms with E-state index in [2.05, 4.69) is 15.5 Å². The Morgan fingerprint density at radius 1 is 1.47 bits per heavy atom. The minimum absolute atomic E-state index is 0.211. The summed E-state index contributed by atoms with van der Waals surface area (Å²) in [6.07, 6.45) is 3.50.